The van der Waals surface area contributed by atoms with Crippen LogP contribution in [0.3, 0.4) is 0 Å². The number of thiazole rings is 1. The summed E-state index contributed by atoms with van der Waals surface area (Å²) in [7, 11) is 1.55. The average Bonchev–Trinajstić information content (AvgIpc) is 2.96. The molecule has 2 aromatic rings. The Labute approximate surface area is 156 Å². The van der Waals surface area contributed by atoms with Crippen LogP contribution in [-0.4, -0.2) is 30.4 Å². The van der Waals surface area contributed by atoms with E-state index in [2.05, 4.69) is 24.1 Å². The van der Waals surface area contributed by atoms with Crippen LogP contribution in [0.2, 0.25) is 0 Å². The molecule has 0 fully saturated rings. The Morgan fingerprint density at radius 3 is 2.77 bits per heavy atom. The van der Waals surface area contributed by atoms with Crippen molar-refractivity contribution in [2.75, 3.05) is 19.0 Å². The van der Waals surface area contributed by atoms with Crippen molar-refractivity contribution in [3.8, 4) is 11.5 Å². The molecule has 1 aliphatic carbocycles. The van der Waals surface area contributed by atoms with Crippen LogP contribution in [0.1, 0.15) is 52.9 Å². The van der Waals surface area contributed by atoms with Crippen molar-refractivity contribution in [3.63, 3.8) is 0 Å². The molecule has 3 rings (SSSR count). The van der Waals surface area contributed by atoms with Gasteiger partial charge in [0.1, 0.15) is 0 Å². The maximum atomic E-state index is 12.6. The molecule has 138 valence electrons. The van der Waals surface area contributed by atoms with Crippen LogP contribution in [0.5, 0.6) is 11.5 Å². The van der Waals surface area contributed by atoms with Crippen LogP contribution in [-0.2, 0) is 6.42 Å². The topological polar surface area (TPSA) is 77.5 Å². The number of nitrogens with one attached hydrogen (secondary N) is 1. The number of nitrogens with zero attached hydrogens (tertiary/aromatic N) is 1. The molecule has 0 atom stereocenters. The summed E-state index contributed by atoms with van der Waals surface area (Å²) in [5.41, 5.74) is 1.12. The van der Waals surface area contributed by atoms with Gasteiger partial charge in [-0.05, 0) is 37.0 Å². The fourth-order valence-corrected chi connectivity index (χ4v) is 3.94. The van der Waals surface area contributed by atoms with Crippen molar-refractivity contribution in [2.24, 2.45) is 5.41 Å². The van der Waals surface area contributed by atoms with Gasteiger partial charge in [0.25, 0.3) is 5.91 Å². The summed E-state index contributed by atoms with van der Waals surface area (Å²) in [5, 5.41) is 3.23. The molecule has 1 aromatic carbocycles. The van der Waals surface area contributed by atoms with Gasteiger partial charge in [0.05, 0.1) is 24.3 Å². The molecular formula is C19H22N2O4S. The van der Waals surface area contributed by atoms with Gasteiger partial charge < -0.3 is 9.47 Å². The number of carbonyl (C=O) groups excluding carboxylic acids is 2. The second-order valence-corrected chi connectivity index (χ2v) is 7.99. The fraction of sp³-hybridized carbons (Fsp3) is 0.421. The second kappa shape index (κ2) is 7.07. The molecule has 6 nitrogen and oxygen atoms in total. The van der Waals surface area contributed by atoms with Gasteiger partial charge in [0.2, 0.25) is 0 Å². The first-order valence-corrected chi connectivity index (χ1v) is 9.29. The highest BCUT2D eigenvalue weighted by Gasteiger charge is 2.34. The molecular weight excluding hydrogens is 352 g/mol. The van der Waals surface area contributed by atoms with Gasteiger partial charge in [-0.2, -0.15) is 0 Å². The number of hydrogen-bond donors (Lipinski definition) is 1. The standard InChI is InChI=1S/C19H22N2O4S/c1-5-25-15-8-11(6-7-14(15)24-4)17(23)21-18-20-12-9-19(2,3)10-13(22)16(12)26-18/h6-8H,5,9-10H2,1-4H3,(H,20,21,23). The maximum Gasteiger partial charge on any atom is 0.257 e. The number of aromatic nitrogens is 1. The van der Waals surface area contributed by atoms with Crippen LogP contribution in [0.25, 0.3) is 0 Å². The lowest BCUT2D eigenvalue weighted by Gasteiger charge is -2.26. The minimum Gasteiger partial charge on any atom is -0.493 e. The number of fused-ring (bicyclic) bond motifs is 1. The van der Waals surface area contributed by atoms with E-state index in [1.54, 1.807) is 25.3 Å². The van der Waals surface area contributed by atoms with Crippen LogP contribution >= 0.6 is 11.3 Å². The van der Waals surface area contributed by atoms with E-state index in [9.17, 15) is 9.59 Å². The molecule has 0 unspecified atom stereocenters. The number of benzene rings is 1. The van der Waals surface area contributed by atoms with E-state index in [4.69, 9.17) is 9.47 Å². The maximum absolute atomic E-state index is 12.6. The number of methoxy groups -OCH3 is 1. The third-order valence-corrected chi connectivity index (χ3v) is 5.24. The molecule has 1 aromatic heterocycles. The SMILES string of the molecule is CCOc1cc(C(=O)Nc2nc3c(s2)C(=O)CC(C)(C)C3)ccc1OC. The van der Waals surface area contributed by atoms with E-state index in [-0.39, 0.29) is 17.1 Å². The second-order valence-electron chi connectivity index (χ2n) is 6.99. The molecule has 26 heavy (non-hydrogen) atoms. The van der Waals surface area contributed by atoms with Gasteiger partial charge in [-0.3, -0.25) is 14.9 Å². The first-order chi connectivity index (χ1) is 12.3. The molecule has 1 aliphatic rings. The fourth-order valence-electron chi connectivity index (χ4n) is 3.03. The number of amides is 1. The number of ketones is 1. The minimum absolute atomic E-state index is 0.0947. The zero-order valence-corrected chi connectivity index (χ0v) is 16.2. The van der Waals surface area contributed by atoms with Gasteiger partial charge in [0.15, 0.2) is 22.4 Å². The summed E-state index contributed by atoms with van der Waals surface area (Å²) in [6.07, 6.45) is 1.24. The van der Waals surface area contributed by atoms with E-state index in [1.165, 1.54) is 11.3 Å². The van der Waals surface area contributed by atoms with Gasteiger partial charge >= 0.3 is 0 Å². The molecule has 7 heteroatoms. The average molecular weight is 374 g/mol. The Morgan fingerprint density at radius 2 is 2.08 bits per heavy atom. The van der Waals surface area contributed by atoms with Gasteiger partial charge in [-0.25, -0.2) is 4.98 Å². The van der Waals surface area contributed by atoms with Crippen LogP contribution in [0.4, 0.5) is 5.13 Å². The van der Waals surface area contributed by atoms with E-state index >= 15 is 0 Å². The molecule has 1 N–H and O–H groups in total. The Hall–Kier alpha value is -2.41. The molecule has 0 radical (unpaired) electrons. The normalized spacial score (nSPS) is 15.3. The minimum atomic E-state index is -0.300. The highest BCUT2D eigenvalue weighted by Crippen LogP contribution is 2.38. The molecule has 0 bridgehead atoms. The molecule has 1 amide bonds. The van der Waals surface area contributed by atoms with Gasteiger partial charge in [0, 0.05) is 12.0 Å². The van der Waals surface area contributed by atoms with Gasteiger partial charge in [-0.15, -0.1) is 0 Å². The number of ether oxygens (including phenoxy) is 2. The number of Topliss-reactive ketones (excluding diaryl/α,β-unsaturated/α-hetero) is 1. The Kier molecular flexibility index (Phi) is 5.00. The number of anilines is 1. The summed E-state index contributed by atoms with van der Waals surface area (Å²) in [6, 6.07) is 5.00. The van der Waals surface area contributed by atoms with Crippen molar-refractivity contribution < 1.29 is 19.1 Å². The summed E-state index contributed by atoms with van der Waals surface area (Å²) in [5.74, 6) is 0.877. The molecule has 0 aliphatic heterocycles. The van der Waals surface area contributed by atoms with Crippen LogP contribution in [0, 0.1) is 5.41 Å². The molecule has 1 heterocycles. The largest absolute Gasteiger partial charge is 0.493 e. The first-order valence-electron chi connectivity index (χ1n) is 8.48. The highest BCUT2D eigenvalue weighted by molar-refractivity contribution is 7.17. The van der Waals surface area contributed by atoms with E-state index < -0.39 is 0 Å². The van der Waals surface area contributed by atoms with Crippen molar-refractivity contribution in [1.29, 1.82) is 0 Å². The lowest BCUT2D eigenvalue weighted by molar-refractivity contribution is 0.0915. The van der Waals surface area contributed by atoms with Gasteiger partial charge in [-0.1, -0.05) is 25.2 Å². The predicted octanol–water partition coefficient (Wildman–Crippen LogP) is 3.96. The van der Waals surface area contributed by atoms with Crippen molar-refractivity contribution in [2.45, 2.75) is 33.6 Å². The summed E-state index contributed by atoms with van der Waals surface area (Å²) in [6.45, 7) is 6.44. The zero-order chi connectivity index (χ0) is 18.9. The van der Waals surface area contributed by atoms with Crippen molar-refractivity contribution >= 4 is 28.2 Å². The first kappa shape index (κ1) is 18.4. The van der Waals surface area contributed by atoms with Crippen LogP contribution < -0.4 is 14.8 Å². The number of rotatable bonds is 5. The predicted molar refractivity (Wildman–Crippen MR) is 101 cm³/mol. The monoisotopic (exact) mass is 374 g/mol. The van der Waals surface area contributed by atoms with Crippen molar-refractivity contribution in [1.82, 2.24) is 4.98 Å². The third-order valence-electron chi connectivity index (χ3n) is 4.18. The van der Waals surface area contributed by atoms with Crippen molar-refractivity contribution in [3.05, 3.63) is 34.3 Å². The van der Waals surface area contributed by atoms with E-state index in [0.717, 1.165) is 12.1 Å². The Bertz CT molecular complexity index is 857. The molecule has 0 spiro atoms. The molecule has 0 saturated heterocycles. The quantitative estimate of drug-likeness (QED) is 0.857. The highest BCUT2D eigenvalue weighted by atomic mass is 32.1. The number of hydrogen-bond acceptors (Lipinski definition) is 6. The summed E-state index contributed by atoms with van der Waals surface area (Å²) in [4.78, 5) is 30.0. The lowest BCUT2D eigenvalue weighted by atomic mass is 9.78. The number of carbonyl (C=O) groups is 2. The van der Waals surface area contributed by atoms with E-state index in [0.29, 0.717) is 40.1 Å². The smallest absolute Gasteiger partial charge is 0.257 e. The van der Waals surface area contributed by atoms with Crippen LogP contribution in [0.15, 0.2) is 18.2 Å². The summed E-state index contributed by atoms with van der Waals surface area (Å²) >= 11 is 1.24. The molecule has 0 saturated carbocycles. The van der Waals surface area contributed by atoms with E-state index in [1.807, 2.05) is 6.92 Å². The Morgan fingerprint density at radius 1 is 1.31 bits per heavy atom. The Balaban J connectivity index is 1.81. The lowest BCUT2D eigenvalue weighted by Crippen LogP contribution is -2.26. The summed E-state index contributed by atoms with van der Waals surface area (Å²) < 4.78 is 10.7. The zero-order valence-electron chi connectivity index (χ0n) is 15.3. The third kappa shape index (κ3) is 3.72.